The molecule has 6 nitrogen and oxygen atoms in total. The molecule has 0 spiro atoms. The van der Waals surface area contributed by atoms with Crippen LogP contribution in [0, 0.1) is 6.92 Å². The van der Waals surface area contributed by atoms with E-state index in [9.17, 15) is 4.79 Å². The molecule has 1 aliphatic rings. The molecule has 2 heterocycles. The topological polar surface area (TPSA) is 71.2 Å². The van der Waals surface area contributed by atoms with Crippen LogP contribution in [0.5, 0.6) is 0 Å². The zero-order valence-electron chi connectivity index (χ0n) is 12.6. The molecule has 1 saturated heterocycles. The number of piperidine rings is 1. The fraction of sp³-hybridized carbons (Fsp3) is 0.438. The molecule has 3 rings (SSSR count). The van der Waals surface area contributed by atoms with E-state index < -0.39 is 6.09 Å². The third-order valence-electron chi connectivity index (χ3n) is 4.28. The van der Waals surface area contributed by atoms with Gasteiger partial charge in [0.25, 0.3) is 0 Å². The number of rotatable bonds is 3. The van der Waals surface area contributed by atoms with Crippen molar-refractivity contribution in [2.75, 3.05) is 13.1 Å². The summed E-state index contributed by atoms with van der Waals surface area (Å²) in [4.78, 5) is 12.5. The van der Waals surface area contributed by atoms with E-state index >= 15 is 0 Å². The Morgan fingerprint density at radius 1 is 1.23 bits per heavy atom. The van der Waals surface area contributed by atoms with E-state index in [2.05, 4.69) is 26.9 Å². The summed E-state index contributed by atoms with van der Waals surface area (Å²) in [6.45, 7) is 3.86. The first-order valence-corrected chi connectivity index (χ1v) is 7.56. The summed E-state index contributed by atoms with van der Waals surface area (Å²) >= 11 is 0. The number of hydrogen-bond acceptors (Lipinski definition) is 3. The van der Waals surface area contributed by atoms with Crippen LogP contribution in [0.1, 0.15) is 36.0 Å². The quantitative estimate of drug-likeness (QED) is 0.945. The van der Waals surface area contributed by atoms with Gasteiger partial charge < -0.3 is 14.6 Å². The van der Waals surface area contributed by atoms with Gasteiger partial charge in [-0.3, -0.25) is 0 Å². The Morgan fingerprint density at radius 3 is 2.55 bits per heavy atom. The molecule has 0 radical (unpaired) electrons. The van der Waals surface area contributed by atoms with Crippen LogP contribution < -0.4 is 0 Å². The van der Waals surface area contributed by atoms with E-state index in [0.717, 1.165) is 31.0 Å². The highest BCUT2D eigenvalue weighted by Gasteiger charge is 2.27. The van der Waals surface area contributed by atoms with Gasteiger partial charge in [0.15, 0.2) is 0 Å². The molecule has 0 unspecified atom stereocenters. The number of carbonyl (C=O) groups is 1. The standard InChI is InChI=1S/C16H20N4O2/c1-12-17-18-15(14-7-9-19(10-8-14)16(21)22)20(12)11-13-5-3-2-4-6-13/h2-6,14H,7-11H2,1H3,(H,21,22). The minimum absolute atomic E-state index is 0.278. The molecule has 0 aliphatic carbocycles. The summed E-state index contributed by atoms with van der Waals surface area (Å²) in [6.07, 6.45) is 0.777. The second kappa shape index (κ2) is 6.17. The van der Waals surface area contributed by atoms with Crippen molar-refractivity contribution in [3.63, 3.8) is 0 Å². The first kappa shape index (κ1) is 14.6. The van der Waals surface area contributed by atoms with Gasteiger partial charge in [0.2, 0.25) is 0 Å². The number of likely N-dealkylation sites (tertiary alicyclic amines) is 1. The summed E-state index contributed by atoms with van der Waals surface area (Å²) in [7, 11) is 0. The predicted molar refractivity (Wildman–Crippen MR) is 81.9 cm³/mol. The number of aromatic nitrogens is 3. The van der Waals surface area contributed by atoms with Crippen LogP contribution in [0.15, 0.2) is 30.3 Å². The van der Waals surface area contributed by atoms with Crippen LogP contribution in [-0.2, 0) is 6.54 Å². The Labute approximate surface area is 129 Å². The van der Waals surface area contributed by atoms with Gasteiger partial charge in [0, 0.05) is 19.0 Å². The average Bonchev–Trinajstić information content (AvgIpc) is 2.89. The molecule has 1 aromatic heterocycles. The van der Waals surface area contributed by atoms with Crippen molar-refractivity contribution in [2.24, 2.45) is 0 Å². The molecule has 6 heteroatoms. The Bertz CT molecular complexity index is 645. The van der Waals surface area contributed by atoms with Crippen LogP contribution in [0.3, 0.4) is 0 Å². The molecule has 1 N–H and O–H groups in total. The van der Waals surface area contributed by atoms with Crippen molar-refractivity contribution in [1.29, 1.82) is 0 Å². The predicted octanol–water partition coefficient (Wildman–Crippen LogP) is 2.49. The van der Waals surface area contributed by atoms with Crippen molar-refractivity contribution in [3.05, 3.63) is 47.5 Å². The lowest BCUT2D eigenvalue weighted by molar-refractivity contribution is 0.131. The van der Waals surface area contributed by atoms with Crippen molar-refractivity contribution in [1.82, 2.24) is 19.7 Å². The molecule has 0 saturated carbocycles. The fourth-order valence-corrected chi connectivity index (χ4v) is 2.99. The molecule has 1 aliphatic heterocycles. The van der Waals surface area contributed by atoms with Crippen molar-refractivity contribution < 1.29 is 9.90 Å². The Kier molecular flexibility index (Phi) is 4.09. The number of benzene rings is 1. The van der Waals surface area contributed by atoms with Gasteiger partial charge in [-0.2, -0.15) is 0 Å². The SMILES string of the molecule is Cc1nnc(C2CCN(C(=O)O)CC2)n1Cc1ccccc1. The lowest BCUT2D eigenvalue weighted by Crippen LogP contribution is -2.37. The third-order valence-corrected chi connectivity index (χ3v) is 4.28. The van der Waals surface area contributed by atoms with E-state index in [1.807, 2.05) is 25.1 Å². The van der Waals surface area contributed by atoms with Gasteiger partial charge >= 0.3 is 6.09 Å². The second-order valence-corrected chi connectivity index (χ2v) is 5.72. The van der Waals surface area contributed by atoms with Crippen molar-refractivity contribution in [3.8, 4) is 0 Å². The molecular weight excluding hydrogens is 280 g/mol. The Hall–Kier alpha value is -2.37. The number of carboxylic acid groups (broad SMARTS) is 1. The molecule has 1 fully saturated rings. The van der Waals surface area contributed by atoms with E-state index in [-0.39, 0.29) is 5.92 Å². The van der Waals surface area contributed by atoms with Crippen LogP contribution in [0.4, 0.5) is 4.79 Å². The Morgan fingerprint density at radius 2 is 1.91 bits per heavy atom. The first-order chi connectivity index (χ1) is 10.6. The minimum atomic E-state index is -0.833. The van der Waals surface area contributed by atoms with Crippen molar-refractivity contribution in [2.45, 2.75) is 32.2 Å². The van der Waals surface area contributed by atoms with Gasteiger partial charge in [-0.15, -0.1) is 10.2 Å². The van der Waals surface area contributed by atoms with Gasteiger partial charge in [-0.1, -0.05) is 30.3 Å². The normalized spacial score (nSPS) is 16.0. The minimum Gasteiger partial charge on any atom is -0.465 e. The molecule has 0 bridgehead atoms. The van der Waals surface area contributed by atoms with Gasteiger partial charge in [0.1, 0.15) is 11.6 Å². The number of nitrogens with zero attached hydrogens (tertiary/aromatic N) is 4. The molecule has 2 aromatic rings. The molecule has 0 atom stereocenters. The zero-order chi connectivity index (χ0) is 15.5. The number of hydrogen-bond donors (Lipinski definition) is 1. The summed E-state index contributed by atoms with van der Waals surface area (Å²) in [5.41, 5.74) is 1.22. The summed E-state index contributed by atoms with van der Waals surface area (Å²) < 4.78 is 2.15. The number of aryl methyl sites for hydroxylation is 1. The molecular formula is C16H20N4O2. The van der Waals surface area contributed by atoms with E-state index in [0.29, 0.717) is 13.1 Å². The second-order valence-electron chi connectivity index (χ2n) is 5.72. The van der Waals surface area contributed by atoms with E-state index in [1.54, 1.807) is 0 Å². The average molecular weight is 300 g/mol. The van der Waals surface area contributed by atoms with Gasteiger partial charge in [0.05, 0.1) is 6.54 Å². The van der Waals surface area contributed by atoms with E-state index in [4.69, 9.17) is 5.11 Å². The largest absolute Gasteiger partial charge is 0.465 e. The smallest absolute Gasteiger partial charge is 0.407 e. The Balaban J connectivity index is 1.77. The van der Waals surface area contributed by atoms with Gasteiger partial charge in [-0.05, 0) is 25.3 Å². The highest BCUT2D eigenvalue weighted by atomic mass is 16.4. The molecule has 1 amide bonds. The maximum absolute atomic E-state index is 11.0. The highest BCUT2D eigenvalue weighted by Crippen LogP contribution is 2.27. The van der Waals surface area contributed by atoms with Crippen LogP contribution in [0.25, 0.3) is 0 Å². The molecule has 116 valence electrons. The summed E-state index contributed by atoms with van der Waals surface area (Å²) in [6, 6.07) is 10.2. The van der Waals surface area contributed by atoms with Crippen LogP contribution >= 0.6 is 0 Å². The monoisotopic (exact) mass is 300 g/mol. The van der Waals surface area contributed by atoms with E-state index in [1.165, 1.54) is 10.5 Å². The number of amides is 1. The summed E-state index contributed by atoms with van der Waals surface area (Å²) in [5.74, 6) is 2.16. The van der Waals surface area contributed by atoms with Crippen LogP contribution in [0.2, 0.25) is 0 Å². The fourth-order valence-electron chi connectivity index (χ4n) is 2.99. The first-order valence-electron chi connectivity index (χ1n) is 7.56. The highest BCUT2D eigenvalue weighted by molar-refractivity contribution is 5.65. The van der Waals surface area contributed by atoms with Gasteiger partial charge in [-0.25, -0.2) is 4.79 Å². The lowest BCUT2D eigenvalue weighted by atomic mass is 9.96. The maximum Gasteiger partial charge on any atom is 0.407 e. The lowest BCUT2D eigenvalue weighted by Gasteiger charge is -2.29. The third kappa shape index (κ3) is 2.95. The molecule has 1 aromatic carbocycles. The maximum atomic E-state index is 11.0. The molecule has 22 heavy (non-hydrogen) atoms. The van der Waals surface area contributed by atoms with Crippen molar-refractivity contribution >= 4 is 6.09 Å². The zero-order valence-corrected chi connectivity index (χ0v) is 12.6. The summed E-state index contributed by atoms with van der Waals surface area (Å²) in [5, 5.41) is 17.6. The van der Waals surface area contributed by atoms with Crippen LogP contribution in [-0.4, -0.2) is 44.0 Å².